The number of thiazole rings is 1. The Bertz CT molecular complexity index is 580. The molecule has 0 aliphatic heterocycles. The number of sulfonamides is 1. The number of nitriles is 2. The van der Waals surface area contributed by atoms with Gasteiger partial charge in [-0.1, -0.05) is 22.9 Å². The first-order chi connectivity index (χ1) is 7.93. The first-order valence-electron chi connectivity index (χ1n) is 4.30. The first kappa shape index (κ1) is 13.9. The van der Waals surface area contributed by atoms with Crippen molar-refractivity contribution < 1.29 is 8.42 Å². The molecule has 0 radical (unpaired) electrons. The molecule has 1 rings (SSSR count). The summed E-state index contributed by atoms with van der Waals surface area (Å²) in [5.41, 5.74) is 0.265. The van der Waals surface area contributed by atoms with Crippen molar-refractivity contribution in [2.24, 2.45) is 0 Å². The van der Waals surface area contributed by atoms with Crippen LogP contribution in [0.25, 0.3) is 0 Å². The third-order valence-corrected chi connectivity index (χ3v) is 5.44. The zero-order valence-electron chi connectivity index (χ0n) is 8.71. The normalized spacial score (nSPS) is 11.1. The van der Waals surface area contributed by atoms with Crippen molar-refractivity contribution in [3.8, 4) is 12.1 Å². The molecule has 6 nitrogen and oxygen atoms in total. The number of hydrogen-bond acceptors (Lipinski definition) is 6. The van der Waals surface area contributed by atoms with Crippen LogP contribution in [0.2, 0.25) is 4.47 Å². The van der Waals surface area contributed by atoms with Crippen LogP contribution in [0, 0.1) is 29.6 Å². The minimum atomic E-state index is -3.88. The van der Waals surface area contributed by atoms with E-state index in [0.29, 0.717) is 0 Å². The van der Waals surface area contributed by atoms with Gasteiger partial charge in [0, 0.05) is 0 Å². The summed E-state index contributed by atoms with van der Waals surface area (Å²) in [6.45, 7) is 0.738. The Kier molecular flexibility index (Phi) is 4.43. The lowest BCUT2D eigenvalue weighted by molar-refractivity contribution is 0.481. The van der Waals surface area contributed by atoms with Gasteiger partial charge in [-0.05, 0) is 6.92 Å². The van der Waals surface area contributed by atoms with Crippen LogP contribution in [0.4, 0.5) is 0 Å². The van der Waals surface area contributed by atoms with Crippen LogP contribution >= 0.6 is 22.9 Å². The molecular weight excluding hydrogens is 284 g/mol. The fraction of sp³-hybridized carbons (Fsp3) is 0.375. The summed E-state index contributed by atoms with van der Waals surface area (Å²) in [7, 11) is -3.88. The van der Waals surface area contributed by atoms with E-state index in [-0.39, 0.29) is 27.5 Å². The van der Waals surface area contributed by atoms with Gasteiger partial charge in [-0.3, -0.25) is 0 Å². The van der Waals surface area contributed by atoms with E-state index in [1.54, 1.807) is 12.1 Å². The summed E-state index contributed by atoms with van der Waals surface area (Å²) in [6.07, 6.45) is 0. The minimum absolute atomic E-state index is 0.0343. The maximum absolute atomic E-state index is 12.1. The second kappa shape index (κ2) is 5.43. The van der Waals surface area contributed by atoms with Gasteiger partial charge in [0.15, 0.2) is 8.68 Å². The molecule has 1 heterocycles. The molecule has 0 aromatic carbocycles. The van der Waals surface area contributed by atoms with Gasteiger partial charge in [-0.2, -0.15) is 14.8 Å². The van der Waals surface area contributed by atoms with E-state index >= 15 is 0 Å². The predicted octanol–water partition coefficient (Wildman–Crippen LogP) is 1.14. The highest BCUT2D eigenvalue weighted by Gasteiger charge is 2.28. The fourth-order valence-electron chi connectivity index (χ4n) is 1.09. The molecule has 17 heavy (non-hydrogen) atoms. The van der Waals surface area contributed by atoms with Crippen molar-refractivity contribution >= 4 is 33.0 Å². The van der Waals surface area contributed by atoms with Gasteiger partial charge >= 0.3 is 0 Å². The number of hydrogen-bond donors (Lipinski definition) is 0. The van der Waals surface area contributed by atoms with E-state index in [1.807, 2.05) is 0 Å². The highest BCUT2D eigenvalue weighted by atomic mass is 35.5. The van der Waals surface area contributed by atoms with Crippen LogP contribution in [-0.4, -0.2) is 30.8 Å². The lowest BCUT2D eigenvalue weighted by Crippen LogP contribution is -2.31. The van der Waals surface area contributed by atoms with Gasteiger partial charge in [0.05, 0.1) is 17.8 Å². The van der Waals surface area contributed by atoms with Crippen molar-refractivity contribution in [1.82, 2.24) is 9.29 Å². The van der Waals surface area contributed by atoms with E-state index in [0.717, 1.165) is 15.6 Å². The molecule has 90 valence electrons. The third-order valence-electron chi connectivity index (χ3n) is 1.80. The molecule has 0 N–H and O–H groups in total. The molecule has 0 saturated carbocycles. The molecule has 0 aliphatic carbocycles. The number of aromatic nitrogens is 1. The molecular formula is C8H7ClN4O2S2. The van der Waals surface area contributed by atoms with E-state index in [2.05, 4.69) is 4.98 Å². The van der Waals surface area contributed by atoms with E-state index < -0.39 is 10.0 Å². The Balaban J connectivity index is 3.22. The Hall–Kier alpha value is -1.19. The molecule has 0 bridgehead atoms. The molecule has 0 aliphatic rings. The smallest absolute Gasteiger partial charge is 0.229 e. The van der Waals surface area contributed by atoms with Crippen molar-refractivity contribution in [3.63, 3.8) is 0 Å². The predicted molar refractivity (Wildman–Crippen MR) is 61.8 cm³/mol. The van der Waals surface area contributed by atoms with Gasteiger partial charge in [0.1, 0.15) is 13.1 Å². The van der Waals surface area contributed by atoms with E-state index in [9.17, 15) is 8.42 Å². The van der Waals surface area contributed by atoms with Crippen LogP contribution < -0.4 is 0 Å². The summed E-state index contributed by atoms with van der Waals surface area (Å²) in [6, 6.07) is 3.40. The number of nitrogens with zero attached hydrogens (tertiary/aromatic N) is 4. The lowest BCUT2D eigenvalue weighted by atomic mass is 10.6. The molecule has 0 unspecified atom stereocenters. The fourth-order valence-corrected chi connectivity index (χ4v) is 4.20. The van der Waals surface area contributed by atoms with Gasteiger partial charge in [0.25, 0.3) is 10.0 Å². The standard InChI is InChI=1S/C8H7ClN4O2S2/c1-6-7(16-8(9)12-6)17(14,15)13(4-2-10)5-3-11/h4-5H2,1H3. The molecule has 0 fully saturated rings. The van der Waals surface area contributed by atoms with Crippen molar-refractivity contribution in [2.75, 3.05) is 13.1 Å². The summed E-state index contributed by atoms with van der Waals surface area (Å²) >= 11 is 6.43. The van der Waals surface area contributed by atoms with Crippen molar-refractivity contribution in [1.29, 1.82) is 10.5 Å². The van der Waals surface area contributed by atoms with Gasteiger partial charge in [-0.25, -0.2) is 13.4 Å². The molecule has 1 aromatic heterocycles. The maximum Gasteiger partial charge on any atom is 0.256 e. The second-order valence-electron chi connectivity index (χ2n) is 2.93. The van der Waals surface area contributed by atoms with Gasteiger partial charge in [0.2, 0.25) is 0 Å². The average Bonchev–Trinajstić information content (AvgIpc) is 2.58. The number of halogens is 1. The van der Waals surface area contributed by atoms with Gasteiger partial charge < -0.3 is 0 Å². The Morgan fingerprint density at radius 3 is 2.29 bits per heavy atom. The SMILES string of the molecule is Cc1nc(Cl)sc1S(=O)(=O)N(CC#N)CC#N. The summed E-state index contributed by atoms with van der Waals surface area (Å²) in [4.78, 5) is 3.79. The third kappa shape index (κ3) is 2.93. The van der Waals surface area contributed by atoms with Gasteiger partial charge in [-0.15, -0.1) is 0 Å². The van der Waals surface area contributed by atoms with Crippen LogP contribution in [0.3, 0.4) is 0 Å². The number of aryl methyl sites for hydroxylation is 1. The minimum Gasteiger partial charge on any atom is -0.229 e. The zero-order valence-corrected chi connectivity index (χ0v) is 11.1. The molecule has 0 saturated heterocycles. The van der Waals surface area contributed by atoms with Crippen LogP contribution in [-0.2, 0) is 10.0 Å². The highest BCUT2D eigenvalue weighted by Crippen LogP contribution is 2.29. The Labute approximate surface area is 108 Å². The van der Waals surface area contributed by atoms with Crippen LogP contribution in [0.5, 0.6) is 0 Å². The molecule has 0 spiro atoms. The second-order valence-corrected chi connectivity index (χ2v) is 6.64. The van der Waals surface area contributed by atoms with Crippen LogP contribution in [0.15, 0.2) is 4.21 Å². The molecule has 9 heteroatoms. The lowest BCUT2D eigenvalue weighted by Gasteiger charge is -2.14. The quantitative estimate of drug-likeness (QED) is 0.775. The largest absolute Gasteiger partial charge is 0.256 e. The van der Waals surface area contributed by atoms with Crippen LogP contribution in [0.1, 0.15) is 5.69 Å². The summed E-state index contributed by atoms with van der Waals surface area (Å²) in [5.74, 6) is 0. The summed E-state index contributed by atoms with van der Waals surface area (Å²) in [5, 5.41) is 17.1. The molecule has 0 atom stereocenters. The van der Waals surface area contributed by atoms with Crippen molar-refractivity contribution in [2.45, 2.75) is 11.1 Å². The monoisotopic (exact) mass is 290 g/mol. The number of rotatable bonds is 4. The first-order valence-corrected chi connectivity index (χ1v) is 6.94. The molecule has 1 aromatic rings. The van der Waals surface area contributed by atoms with E-state index in [1.165, 1.54) is 6.92 Å². The van der Waals surface area contributed by atoms with E-state index in [4.69, 9.17) is 22.1 Å². The molecule has 0 amide bonds. The maximum atomic E-state index is 12.1. The Morgan fingerprint density at radius 1 is 1.41 bits per heavy atom. The highest BCUT2D eigenvalue weighted by molar-refractivity contribution is 7.91. The van der Waals surface area contributed by atoms with Crippen molar-refractivity contribution in [3.05, 3.63) is 10.2 Å². The average molecular weight is 291 g/mol. The summed E-state index contributed by atoms with van der Waals surface area (Å²) < 4.78 is 25.0. The Morgan fingerprint density at radius 2 is 1.94 bits per heavy atom. The topological polar surface area (TPSA) is 97.8 Å². The zero-order chi connectivity index (χ0) is 13.1.